The number of nitrogens with one attached hydrogen (secondary N) is 1. The first-order chi connectivity index (χ1) is 10.5. The molecule has 6 heteroatoms. The van der Waals surface area contributed by atoms with Gasteiger partial charge in [-0.15, -0.1) is 0 Å². The van der Waals surface area contributed by atoms with Gasteiger partial charge >= 0.3 is 0 Å². The molecule has 0 aliphatic carbocycles. The van der Waals surface area contributed by atoms with E-state index in [0.717, 1.165) is 5.56 Å². The molecule has 0 fully saturated rings. The average Bonchev–Trinajstić information content (AvgIpc) is 2.53. The Balaban J connectivity index is 2.27. The summed E-state index contributed by atoms with van der Waals surface area (Å²) in [5, 5.41) is 0.595. The molecule has 2 rings (SSSR count). The van der Waals surface area contributed by atoms with Crippen LogP contribution in [0.3, 0.4) is 0 Å². The molecule has 1 N–H and O–H groups in total. The van der Waals surface area contributed by atoms with Crippen molar-refractivity contribution in [1.82, 2.24) is 4.72 Å². The molecule has 0 saturated carbocycles. The molecule has 0 heterocycles. The number of methoxy groups -OCH3 is 1. The highest BCUT2D eigenvalue weighted by molar-refractivity contribution is 7.89. The molecule has 0 bridgehead atoms. The second kappa shape index (κ2) is 6.85. The minimum Gasteiger partial charge on any atom is -0.497 e. The topological polar surface area (TPSA) is 55.4 Å². The van der Waals surface area contributed by atoms with E-state index >= 15 is 0 Å². The van der Waals surface area contributed by atoms with Gasteiger partial charge < -0.3 is 4.74 Å². The SMILES string of the molecule is C/C=C(\NS(=O)(=O)c1ccc(OC)cc1)c1ccc(Cl)cc1. The Kier molecular flexibility index (Phi) is 5.11. The number of allylic oxidation sites excluding steroid dienone is 1. The van der Waals surface area contributed by atoms with E-state index in [0.29, 0.717) is 16.5 Å². The van der Waals surface area contributed by atoms with Gasteiger partial charge in [-0.05, 0) is 48.9 Å². The van der Waals surface area contributed by atoms with Crippen molar-refractivity contribution in [2.24, 2.45) is 0 Å². The summed E-state index contributed by atoms with van der Waals surface area (Å²) in [6.45, 7) is 1.76. The summed E-state index contributed by atoms with van der Waals surface area (Å²) in [6.07, 6.45) is 1.70. The molecule has 0 aromatic heterocycles. The van der Waals surface area contributed by atoms with E-state index in [4.69, 9.17) is 16.3 Å². The summed E-state index contributed by atoms with van der Waals surface area (Å²) in [6, 6.07) is 13.1. The lowest BCUT2D eigenvalue weighted by atomic mass is 10.1. The van der Waals surface area contributed by atoms with E-state index < -0.39 is 10.0 Å². The Bertz CT molecular complexity index is 766. The fraction of sp³-hybridized carbons (Fsp3) is 0.125. The van der Waals surface area contributed by atoms with Crippen LogP contribution in [0.2, 0.25) is 5.02 Å². The predicted molar refractivity (Wildman–Crippen MR) is 88.4 cm³/mol. The van der Waals surface area contributed by atoms with Crippen molar-refractivity contribution in [2.45, 2.75) is 11.8 Å². The molecule has 0 aliphatic heterocycles. The zero-order valence-corrected chi connectivity index (χ0v) is 13.8. The van der Waals surface area contributed by atoms with Gasteiger partial charge in [0.1, 0.15) is 5.75 Å². The fourth-order valence-electron chi connectivity index (χ4n) is 1.87. The van der Waals surface area contributed by atoms with E-state index in [2.05, 4.69) is 4.72 Å². The molecule has 116 valence electrons. The highest BCUT2D eigenvalue weighted by Crippen LogP contribution is 2.20. The fourth-order valence-corrected chi connectivity index (χ4v) is 3.14. The maximum atomic E-state index is 12.4. The average molecular weight is 338 g/mol. The van der Waals surface area contributed by atoms with Crippen molar-refractivity contribution in [3.8, 4) is 5.75 Å². The van der Waals surface area contributed by atoms with Crippen molar-refractivity contribution >= 4 is 27.3 Å². The van der Waals surface area contributed by atoms with Crippen molar-refractivity contribution in [3.05, 3.63) is 65.2 Å². The Morgan fingerprint density at radius 3 is 2.18 bits per heavy atom. The molecule has 0 amide bonds. The molecule has 2 aromatic rings. The lowest BCUT2D eigenvalue weighted by molar-refractivity contribution is 0.414. The summed E-state index contributed by atoms with van der Waals surface area (Å²) in [7, 11) is -2.13. The Hall–Kier alpha value is -1.98. The molecule has 0 saturated heterocycles. The van der Waals surface area contributed by atoms with E-state index in [-0.39, 0.29) is 4.90 Å². The zero-order valence-electron chi connectivity index (χ0n) is 12.2. The van der Waals surface area contributed by atoms with Gasteiger partial charge in [-0.2, -0.15) is 0 Å². The standard InChI is InChI=1S/C16H16ClNO3S/c1-3-16(12-4-6-13(17)7-5-12)18-22(19,20)15-10-8-14(21-2)9-11-15/h3-11,18H,1-2H3/b16-3-. The number of sulfonamides is 1. The van der Waals surface area contributed by atoms with E-state index in [1.165, 1.54) is 19.2 Å². The lowest BCUT2D eigenvalue weighted by Crippen LogP contribution is -2.22. The van der Waals surface area contributed by atoms with E-state index in [1.54, 1.807) is 49.4 Å². The summed E-state index contributed by atoms with van der Waals surface area (Å²) in [5.41, 5.74) is 1.23. The van der Waals surface area contributed by atoms with Crippen molar-refractivity contribution in [1.29, 1.82) is 0 Å². The molecule has 0 unspecified atom stereocenters. The zero-order chi connectivity index (χ0) is 16.2. The second-order valence-corrected chi connectivity index (χ2v) is 6.61. The van der Waals surface area contributed by atoms with Crippen LogP contribution in [0.25, 0.3) is 5.70 Å². The normalized spacial score (nSPS) is 12.0. The molecular weight excluding hydrogens is 322 g/mol. The number of ether oxygens (including phenoxy) is 1. The minimum atomic E-state index is -3.66. The first-order valence-electron chi connectivity index (χ1n) is 6.55. The number of halogens is 1. The van der Waals surface area contributed by atoms with E-state index in [9.17, 15) is 8.42 Å². The van der Waals surface area contributed by atoms with Gasteiger partial charge in [-0.1, -0.05) is 29.8 Å². The van der Waals surface area contributed by atoms with Crippen LogP contribution >= 0.6 is 11.6 Å². The molecule has 22 heavy (non-hydrogen) atoms. The Labute approximate surface area is 135 Å². The number of hydrogen-bond acceptors (Lipinski definition) is 3. The van der Waals surface area contributed by atoms with Gasteiger partial charge in [0.15, 0.2) is 0 Å². The maximum Gasteiger partial charge on any atom is 0.261 e. The quantitative estimate of drug-likeness (QED) is 0.905. The highest BCUT2D eigenvalue weighted by atomic mass is 35.5. The van der Waals surface area contributed by atoms with Gasteiger partial charge in [0, 0.05) is 5.02 Å². The smallest absolute Gasteiger partial charge is 0.261 e. The summed E-state index contributed by atoms with van der Waals surface area (Å²) in [5.74, 6) is 0.600. The van der Waals surface area contributed by atoms with Crippen LogP contribution in [0.15, 0.2) is 59.5 Å². The van der Waals surface area contributed by atoms with Gasteiger partial charge in [0.05, 0.1) is 17.7 Å². The molecule has 0 atom stereocenters. The van der Waals surface area contributed by atoms with Gasteiger partial charge in [0.2, 0.25) is 0 Å². The highest BCUT2D eigenvalue weighted by Gasteiger charge is 2.16. The third-order valence-electron chi connectivity index (χ3n) is 3.06. The molecule has 0 aliphatic rings. The van der Waals surface area contributed by atoms with Crippen LogP contribution in [0.4, 0.5) is 0 Å². The largest absolute Gasteiger partial charge is 0.497 e. The first-order valence-corrected chi connectivity index (χ1v) is 8.41. The lowest BCUT2D eigenvalue weighted by Gasteiger charge is -2.12. The summed E-state index contributed by atoms with van der Waals surface area (Å²) < 4.78 is 32.5. The Morgan fingerprint density at radius 1 is 1.09 bits per heavy atom. The van der Waals surface area contributed by atoms with Gasteiger partial charge in [-0.3, -0.25) is 4.72 Å². The molecular formula is C16H16ClNO3S. The van der Waals surface area contributed by atoms with Crippen LogP contribution in [0, 0.1) is 0 Å². The molecule has 2 aromatic carbocycles. The van der Waals surface area contributed by atoms with Crippen molar-refractivity contribution in [3.63, 3.8) is 0 Å². The number of benzene rings is 2. The van der Waals surface area contributed by atoms with Crippen LogP contribution in [0.1, 0.15) is 12.5 Å². The van der Waals surface area contributed by atoms with Crippen LogP contribution < -0.4 is 9.46 Å². The van der Waals surface area contributed by atoms with Crippen LogP contribution in [0.5, 0.6) is 5.75 Å². The second-order valence-electron chi connectivity index (χ2n) is 4.49. The minimum absolute atomic E-state index is 0.168. The third-order valence-corrected chi connectivity index (χ3v) is 4.69. The molecule has 0 radical (unpaired) electrons. The number of hydrogen-bond donors (Lipinski definition) is 1. The molecule has 0 spiro atoms. The maximum absolute atomic E-state index is 12.4. The third kappa shape index (κ3) is 3.81. The van der Waals surface area contributed by atoms with Crippen LogP contribution in [-0.4, -0.2) is 15.5 Å². The first kappa shape index (κ1) is 16.4. The van der Waals surface area contributed by atoms with Gasteiger partial charge in [-0.25, -0.2) is 8.42 Å². The van der Waals surface area contributed by atoms with Crippen molar-refractivity contribution in [2.75, 3.05) is 7.11 Å². The Morgan fingerprint density at radius 2 is 1.68 bits per heavy atom. The van der Waals surface area contributed by atoms with Crippen molar-refractivity contribution < 1.29 is 13.2 Å². The van der Waals surface area contributed by atoms with Crippen LogP contribution in [-0.2, 0) is 10.0 Å². The molecule has 4 nitrogen and oxygen atoms in total. The summed E-state index contributed by atoms with van der Waals surface area (Å²) in [4.78, 5) is 0.168. The summed E-state index contributed by atoms with van der Waals surface area (Å²) >= 11 is 5.85. The van der Waals surface area contributed by atoms with Gasteiger partial charge in [0.25, 0.3) is 10.0 Å². The van der Waals surface area contributed by atoms with E-state index in [1.807, 2.05) is 0 Å². The number of rotatable bonds is 5. The monoisotopic (exact) mass is 337 g/mol. The predicted octanol–water partition coefficient (Wildman–Crippen LogP) is 3.69.